The van der Waals surface area contributed by atoms with Crippen LogP contribution in [0.2, 0.25) is 0 Å². The summed E-state index contributed by atoms with van der Waals surface area (Å²) in [6.45, 7) is 2.23. The number of hydrogen-bond acceptors (Lipinski definition) is 2. The van der Waals surface area contributed by atoms with Crippen LogP contribution in [-0.2, 0) is 9.59 Å². The summed E-state index contributed by atoms with van der Waals surface area (Å²) in [6.07, 6.45) is 0.133. The quantitative estimate of drug-likeness (QED) is 0.946. The molecule has 23 heavy (non-hydrogen) atoms. The van der Waals surface area contributed by atoms with Crippen LogP contribution < -0.4 is 10.2 Å². The fourth-order valence-electron chi connectivity index (χ4n) is 2.66. The Balaban J connectivity index is 1.69. The van der Waals surface area contributed by atoms with E-state index in [2.05, 4.69) is 5.32 Å². The molecule has 0 radical (unpaired) electrons. The van der Waals surface area contributed by atoms with Gasteiger partial charge in [-0.05, 0) is 37.3 Å². The molecule has 0 aromatic heterocycles. The fraction of sp³-hybridized carbons (Fsp3) is 0.222. The zero-order chi connectivity index (χ0) is 16.4. The number of hydrogen-bond donors (Lipinski definition) is 1. The van der Waals surface area contributed by atoms with Crippen molar-refractivity contribution in [3.63, 3.8) is 0 Å². The van der Waals surface area contributed by atoms with Crippen LogP contribution in [0.5, 0.6) is 0 Å². The van der Waals surface area contributed by atoms with Crippen molar-refractivity contribution in [2.45, 2.75) is 13.3 Å². The normalized spacial score (nSPS) is 17.4. The minimum absolute atomic E-state index is 0.133. The molecule has 118 valence electrons. The molecule has 1 N–H and O–H groups in total. The second-order valence-corrected chi connectivity index (χ2v) is 5.74. The highest BCUT2D eigenvalue weighted by Crippen LogP contribution is 2.26. The predicted molar refractivity (Wildman–Crippen MR) is 86.7 cm³/mol. The van der Waals surface area contributed by atoms with Gasteiger partial charge in [-0.25, -0.2) is 4.39 Å². The summed E-state index contributed by atoms with van der Waals surface area (Å²) in [5, 5.41) is 2.82. The van der Waals surface area contributed by atoms with Crippen molar-refractivity contribution in [1.29, 1.82) is 0 Å². The van der Waals surface area contributed by atoms with Crippen molar-refractivity contribution in [2.24, 2.45) is 5.92 Å². The molecular weight excluding hydrogens is 295 g/mol. The van der Waals surface area contributed by atoms with Gasteiger partial charge in [0.2, 0.25) is 11.8 Å². The molecule has 2 aromatic rings. The van der Waals surface area contributed by atoms with E-state index in [1.54, 1.807) is 12.1 Å². The summed E-state index contributed by atoms with van der Waals surface area (Å²) >= 11 is 0. The van der Waals surface area contributed by atoms with E-state index in [1.165, 1.54) is 17.0 Å². The Hall–Kier alpha value is -2.69. The van der Waals surface area contributed by atoms with E-state index >= 15 is 0 Å². The highest BCUT2D eigenvalue weighted by atomic mass is 19.1. The Morgan fingerprint density at radius 3 is 2.65 bits per heavy atom. The fourth-order valence-corrected chi connectivity index (χ4v) is 2.66. The van der Waals surface area contributed by atoms with E-state index in [0.717, 1.165) is 5.56 Å². The van der Waals surface area contributed by atoms with Crippen molar-refractivity contribution in [3.8, 4) is 0 Å². The van der Waals surface area contributed by atoms with Crippen LogP contribution in [0.3, 0.4) is 0 Å². The molecule has 0 saturated carbocycles. The number of aryl methyl sites for hydroxylation is 1. The van der Waals surface area contributed by atoms with E-state index in [4.69, 9.17) is 0 Å². The molecule has 0 bridgehead atoms. The molecule has 2 amide bonds. The monoisotopic (exact) mass is 312 g/mol. The topological polar surface area (TPSA) is 49.4 Å². The average molecular weight is 312 g/mol. The number of halogens is 1. The molecule has 5 heteroatoms. The molecule has 0 unspecified atom stereocenters. The lowest BCUT2D eigenvalue weighted by molar-refractivity contribution is -0.122. The third kappa shape index (κ3) is 3.39. The van der Waals surface area contributed by atoms with E-state index in [1.807, 2.05) is 31.2 Å². The number of amides is 2. The number of anilines is 2. The van der Waals surface area contributed by atoms with Gasteiger partial charge in [-0.15, -0.1) is 0 Å². The SMILES string of the molecule is Cc1ccc(NC(=O)[C@H]2CC(=O)N(c3cccc(F)c3)C2)cc1. The van der Waals surface area contributed by atoms with Gasteiger partial charge in [-0.1, -0.05) is 23.8 Å². The Labute approximate surface area is 133 Å². The van der Waals surface area contributed by atoms with Crippen LogP contribution >= 0.6 is 0 Å². The molecule has 0 aliphatic carbocycles. The van der Waals surface area contributed by atoms with Crippen LogP contribution in [0.4, 0.5) is 15.8 Å². The molecule has 1 aliphatic heterocycles. The van der Waals surface area contributed by atoms with Gasteiger partial charge in [0.05, 0.1) is 5.92 Å². The Kier molecular flexibility index (Phi) is 4.10. The standard InChI is InChI=1S/C18H17FN2O2/c1-12-5-7-15(8-6-12)20-18(23)13-9-17(22)21(11-13)16-4-2-3-14(19)10-16/h2-8,10,13H,9,11H2,1H3,(H,20,23)/t13-/m0/s1. The van der Waals surface area contributed by atoms with Crippen molar-refractivity contribution < 1.29 is 14.0 Å². The summed E-state index contributed by atoms with van der Waals surface area (Å²) in [4.78, 5) is 25.9. The van der Waals surface area contributed by atoms with Crippen molar-refractivity contribution in [3.05, 3.63) is 59.9 Å². The molecule has 1 atom stereocenters. The first-order valence-electron chi connectivity index (χ1n) is 7.46. The number of nitrogens with one attached hydrogen (secondary N) is 1. The highest BCUT2D eigenvalue weighted by molar-refractivity contribution is 6.03. The first kappa shape index (κ1) is 15.2. The van der Waals surface area contributed by atoms with Gasteiger partial charge in [0, 0.05) is 24.3 Å². The molecule has 1 fully saturated rings. The second kappa shape index (κ2) is 6.20. The van der Waals surface area contributed by atoms with Crippen LogP contribution in [-0.4, -0.2) is 18.4 Å². The van der Waals surface area contributed by atoms with Gasteiger partial charge in [0.15, 0.2) is 0 Å². The molecule has 1 aliphatic rings. The van der Waals surface area contributed by atoms with E-state index in [-0.39, 0.29) is 24.8 Å². The molecule has 0 spiro atoms. The minimum Gasteiger partial charge on any atom is -0.326 e. The van der Waals surface area contributed by atoms with Gasteiger partial charge in [0.25, 0.3) is 0 Å². The molecule has 3 rings (SSSR count). The van der Waals surface area contributed by atoms with E-state index in [0.29, 0.717) is 11.4 Å². The van der Waals surface area contributed by atoms with E-state index < -0.39 is 11.7 Å². The lowest BCUT2D eigenvalue weighted by Gasteiger charge is -2.16. The number of carbonyl (C=O) groups is 2. The number of carbonyl (C=O) groups excluding carboxylic acids is 2. The summed E-state index contributed by atoms with van der Waals surface area (Å²) < 4.78 is 13.3. The van der Waals surface area contributed by atoms with Crippen LogP contribution in [0.25, 0.3) is 0 Å². The van der Waals surface area contributed by atoms with Crippen molar-refractivity contribution in [2.75, 3.05) is 16.8 Å². The first-order valence-corrected chi connectivity index (χ1v) is 7.46. The summed E-state index contributed by atoms with van der Waals surface area (Å²) in [6, 6.07) is 13.3. The van der Waals surface area contributed by atoms with Crippen LogP contribution in [0, 0.1) is 18.7 Å². The van der Waals surface area contributed by atoms with Crippen LogP contribution in [0.1, 0.15) is 12.0 Å². The maximum atomic E-state index is 13.3. The first-order chi connectivity index (χ1) is 11.0. The van der Waals surface area contributed by atoms with Gasteiger partial charge in [0.1, 0.15) is 5.82 Å². The van der Waals surface area contributed by atoms with Crippen molar-refractivity contribution in [1.82, 2.24) is 0 Å². The maximum absolute atomic E-state index is 13.3. The Morgan fingerprint density at radius 1 is 1.22 bits per heavy atom. The van der Waals surface area contributed by atoms with Gasteiger partial charge >= 0.3 is 0 Å². The summed E-state index contributed by atoms with van der Waals surface area (Å²) in [5.74, 6) is -1.20. The lowest BCUT2D eigenvalue weighted by Crippen LogP contribution is -2.28. The third-order valence-corrected chi connectivity index (χ3v) is 3.93. The highest BCUT2D eigenvalue weighted by Gasteiger charge is 2.35. The molecule has 4 nitrogen and oxygen atoms in total. The van der Waals surface area contributed by atoms with Gasteiger partial charge < -0.3 is 10.2 Å². The van der Waals surface area contributed by atoms with Crippen molar-refractivity contribution >= 4 is 23.2 Å². The average Bonchev–Trinajstić information content (AvgIpc) is 2.92. The Bertz CT molecular complexity index is 743. The summed E-state index contributed by atoms with van der Waals surface area (Å²) in [5.41, 5.74) is 2.30. The number of nitrogens with zero attached hydrogens (tertiary/aromatic N) is 1. The molecular formula is C18H17FN2O2. The smallest absolute Gasteiger partial charge is 0.229 e. The minimum atomic E-state index is -0.438. The largest absolute Gasteiger partial charge is 0.326 e. The van der Waals surface area contributed by atoms with Crippen LogP contribution in [0.15, 0.2) is 48.5 Å². The maximum Gasteiger partial charge on any atom is 0.229 e. The zero-order valence-electron chi connectivity index (χ0n) is 12.8. The summed E-state index contributed by atoms with van der Waals surface area (Å²) in [7, 11) is 0. The van der Waals surface area contributed by atoms with Gasteiger partial charge in [-0.3, -0.25) is 9.59 Å². The zero-order valence-corrected chi connectivity index (χ0v) is 12.8. The second-order valence-electron chi connectivity index (χ2n) is 5.74. The van der Waals surface area contributed by atoms with Gasteiger partial charge in [-0.2, -0.15) is 0 Å². The van der Waals surface area contributed by atoms with E-state index in [9.17, 15) is 14.0 Å². The lowest BCUT2D eigenvalue weighted by atomic mass is 10.1. The number of rotatable bonds is 3. The molecule has 1 saturated heterocycles. The Morgan fingerprint density at radius 2 is 1.96 bits per heavy atom. The molecule has 2 aromatic carbocycles. The molecule has 1 heterocycles. The number of benzene rings is 2. The third-order valence-electron chi connectivity index (χ3n) is 3.93. The predicted octanol–water partition coefficient (Wildman–Crippen LogP) is 3.13.